The average molecular weight is 292 g/mol. The molecule has 0 unspecified atom stereocenters. The van der Waals surface area contributed by atoms with Crippen LogP contribution in [0.3, 0.4) is 0 Å². The van der Waals surface area contributed by atoms with Crippen molar-refractivity contribution in [2.24, 2.45) is 0 Å². The number of likely N-dealkylation sites (tertiary alicyclic amines) is 1. The predicted molar refractivity (Wildman–Crippen MR) is 79.7 cm³/mol. The highest BCUT2D eigenvalue weighted by Crippen LogP contribution is 2.07. The second-order valence-corrected chi connectivity index (χ2v) is 6.59. The highest BCUT2D eigenvalue weighted by molar-refractivity contribution is 7.89. The number of rotatable bonds is 4. The van der Waals surface area contributed by atoms with E-state index in [0.29, 0.717) is 0 Å². The zero-order valence-electron chi connectivity index (χ0n) is 11.5. The minimum Gasteiger partial charge on any atom is -0.292 e. The molecule has 20 heavy (non-hydrogen) atoms. The Morgan fingerprint density at radius 1 is 1.05 bits per heavy atom. The fourth-order valence-corrected chi connectivity index (χ4v) is 3.11. The summed E-state index contributed by atoms with van der Waals surface area (Å²) in [6.45, 7) is 3.09. The van der Waals surface area contributed by atoms with Crippen LogP contribution in [0.25, 0.3) is 0 Å². The van der Waals surface area contributed by atoms with Gasteiger partial charge in [0.1, 0.15) is 0 Å². The molecule has 1 saturated heterocycles. The molecule has 1 aliphatic rings. The molecule has 1 aromatic carbocycles. The van der Waals surface area contributed by atoms with Crippen LogP contribution in [0, 0.1) is 11.8 Å². The molecular formula is C15H20N2O2S. The van der Waals surface area contributed by atoms with Gasteiger partial charge in [0.15, 0.2) is 0 Å². The maximum absolute atomic E-state index is 11.9. The standard InChI is InChI=1S/C15H20N2O2S/c18-20(19,15-9-3-1-4-10-15)16-11-5-8-14-17-12-6-2-7-13-17/h1,3-4,9-10,16H,2,6-7,11-14H2. The van der Waals surface area contributed by atoms with E-state index < -0.39 is 10.0 Å². The number of hydrogen-bond acceptors (Lipinski definition) is 3. The van der Waals surface area contributed by atoms with Crippen LogP contribution in [0.1, 0.15) is 19.3 Å². The van der Waals surface area contributed by atoms with Crippen molar-refractivity contribution in [3.63, 3.8) is 0 Å². The Bertz CT molecular complexity index is 567. The lowest BCUT2D eigenvalue weighted by atomic mass is 10.1. The van der Waals surface area contributed by atoms with Crippen molar-refractivity contribution >= 4 is 10.0 Å². The molecular weight excluding hydrogens is 272 g/mol. The first kappa shape index (κ1) is 15.0. The van der Waals surface area contributed by atoms with Gasteiger partial charge in [-0.05, 0) is 38.1 Å². The maximum Gasteiger partial charge on any atom is 0.241 e. The van der Waals surface area contributed by atoms with Gasteiger partial charge in [-0.2, -0.15) is 4.72 Å². The summed E-state index contributed by atoms with van der Waals surface area (Å²) in [7, 11) is -3.43. The van der Waals surface area contributed by atoms with E-state index in [4.69, 9.17) is 0 Å². The fraction of sp³-hybridized carbons (Fsp3) is 0.467. The Balaban J connectivity index is 1.78. The monoisotopic (exact) mass is 292 g/mol. The van der Waals surface area contributed by atoms with Crippen molar-refractivity contribution in [1.29, 1.82) is 0 Å². The van der Waals surface area contributed by atoms with Gasteiger partial charge in [-0.1, -0.05) is 36.5 Å². The average Bonchev–Trinajstić information content (AvgIpc) is 2.49. The Hall–Kier alpha value is -1.35. The first-order valence-corrected chi connectivity index (χ1v) is 8.39. The smallest absolute Gasteiger partial charge is 0.241 e. The van der Waals surface area contributed by atoms with Crippen LogP contribution < -0.4 is 4.72 Å². The predicted octanol–water partition coefficient (Wildman–Crippen LogP) is 1.45. The number of sulfonamides is 1. The minimum absolute atomic E-state index is 0.158. The second-order valence-electron chi connectivity index (χ2n) is 4.83. The highest BCUT2D eigenvalue weighted by Gasteiger charge is 2.11. The van der Waals surface area contributed by atoms with E-state index in [1.165, 1.54) is 19.3 Å². The van der Waals surface area contributed by atoms with E-state index in [1.807, 2.05) is 0 Å². The SMILES string of the molecule is O=S(=O)(NCC#CCN1CCCCC1)c1ccccc1. The minimum atomic E-state index is -3.43. The van der Waals surface area contributed by atoms with Gasteiger partial charge in [0.25, 0.3) is 0 Å². The Labute approximate surface area is 121 Å². The molecule has 0 spiro atoms. The largest absolute Gasteiger partial charge is 0.292 e. The Morgan fingerprint density at radius 3 is 2.45 bits per heavy atom. The molecule has 4 nitrogen and oxygen atoms in total. The molecule has 0 radical (unpaired) electrons. The van der Waals surface area contributed by atoms with Crippen molar-refractivity contribution in [1.82, 2.24) is 9.62 Å². The zero-order valence-corrected chi connectivity index (χ0v) is 12.3. The number of nitrogens with zero attached hydrogens (tertiary/aromatic N) is 1. The number of nitrogens with one attached hydrogen (secondary N) is 1. The van der Waals surface area contributed by atoms with Gasteiger partial charge in [0.2, 0.25) is 10.0 Å². The quantitative estimate of drug-likeness (QED) is 0.855. The lowest BCUT2D eigenvalue weighted by molar-refractivity contribution is 0.255. The van der Waals surface area contributed by atoms with Crippen molar-refractivity contribution in [3.05, 3.63) is 30.3 Å². The summed E-state index contributed by atoms with van der Waals surface area (Å²) < 4.78 is 26.3. The molecule has 1 aliphatic heterocycles. The van der Waals surface area contributed by atoms with Crippen LogP contribution in [0.15, 0.2) is 35.2 Å². The Kier molecular flexibility index (Phi) is 5.60. The van der Waals surface area contributed by atoms with E-state index in [1.54, 1.807) is 30.3 Å². The van der Waals surface area contributed by atoms with Gasteiger partial charge in [-0.3, -0.25) is 4.90 Å². The summed E-state index contributed by atoms with van der Waals surface area (Å²) in [4.78, 5) is 2.58. The van der Waals surface area contributed by atoms with Gasteiger partial charge in [0.05, 0.1) is 18.0 Å². The lowest BCUT2D eigenvalue weighted by Gasteiger charge is -2.23. The molecule has 1 aromatic rings. The summed E-state index contributed by atoms with van der Waals surface area (Å²) in [5, 5.41) is 0. The van der Waals surface area contributed by atoms with Crippen molar-refractivity contribution < 1.29 is 8.42 Å². The summed E-state index contributed by atoms with van der Waals surface area (Å²) in [5.74, 6) is 5.90. The van der Waals surface area contributed by atoms with Crippen molar-refractivity contribution in [3.8, 4) is 11.8 Å². The molecule has 1 N–H and O–H groups in total. The summed E-state index contributed by atoms with van der Waals surface area (Å²) in [5.41, 5.74) is 0. The molecule has 2 rings (SSSR count). The number of piperidine rings is 1. The molecule has 0 atom stereocenters. The third-order valence-corrected chi connectivity index (χ3v) is 4.70. The Morgan fingerprint density at radius 2 is 1.75 bits per heavy atom. The first-order valence-electron chi connectivity index (χ1n) is 6.91. The van der Waals surface area contributed by atoms with Crippen molar-refractivity contribution in [2.45, 2.75) is 24.2 Å². The summed E-state index contributed by atoms with van der Waals surface area (Å²) in [6.07, 6.45) is 3.78. The van der Waals surface area contributed by atoms with Crippen LogP contribution in [-0.2, 0) is 10.0 Å². The second kappa shape index (κ2) is 7.44. The van der Waals surface area contributed by atoms with Crippen LogP contribution >= 0.6 is 0 Å². The van der Waals surface area contributed by atoms with Crippen LogP contribution in [0.4, 0.5) is 0 Å². The molecule has 0 bridgehead atoms. The fourth-order valence-electron chi connectivity index (χ4n) is 2.16. The third-order valence-electron chi connectivity index (χ3n) is 3.28. The highest BCUT2D eigenvalue weighted by atomic mass is 32.2. The normalized spacial score (nSPS) is 16.4. The van der Waals surface area contributed by atoms with Gasteiger partial charge in [-0.25, -0.2) is 8.42 Å². The van der Waals surface area contributed by atoms with Gasteiger partial charge in [-0.15, -0.1) is 0 Å². The van der Waals surface area contributed by atoms with Gasteiger partial charge >= 0.3 is 0 Å². The topological polar surface area (TPSA) is 49.4 Å². The van der Waals surface area contributed by atoms with Gasteiger partial charge in [0, 0.05) is 0 Å². The lowest BCUT2D eigenvalue weighted by Crippen LogP contribution is -2.30. The van der Waals surface area contributed by atoms with Crippen LogP contribution in [0.2, 0.25) is 0 Å². The van der Waals surface area contributed by atoms with E-state index in [-0.39, 0.29) is 11.4 Å². The molecule has 0 aromatic heterocycles. The molecule has 1 fully saturated rings. The van der Waals surface area contributed by atoms with E-state index in [2.05, 4.69) is 21.5 Å². The molecule has 1 heterocycles. The van der Waals surface area contributed by atoms with Crippen LogP contribution in [-0.4, -0.2) is 39.5 Å². The molecule has 0 aliphatic carbocycles. The molecule has 0 amide bonds. The molecule has 5 heteroatoms. The number of hydrogen-bond donors (Lipinski definition) is 1. The summed E-state index contributed by atoms with van der Waals surface area (Å²) in [6, 6.07) is 8.34. The van der Waals surface area contributed by atoms with Crippen LogP contribution in [0.5, 0.6) is 0 Å². The third kappa shape index (κ3) is 4.64. The molecule has 108 valence electrons. The first-order chi connectivity index (χ1) is 9.68. The zero-order chi connectivity index (χ0) is 14.3. The van der Waals surface area contributed by atoms with Gasteiger partial charge < -0.3 is 0 Å². The maximum atomic E-state index is 11.9. The molecule has 0 saturated carbocycles. The van der Waals surface area contributed by atoms with E-state index in [9.17, 15) is 8.42 Å². The van der Waals surface area contributed by atoms with Crippen molar-refractivity contribution in [2.75, 3.05) is 26.2 Å². The van der Waals surface area contributed by atoms with E-state index in [0.717, 1.165) is 19.6 Å². The summed E-state index contributed by atoms with van der Waals surface area (Å²) >= 11 is 0. The number of benzene rings is 1. The van der Waals surface area contributed by atoms with E-state index >= 15 is 0 Å².